The second kappa shape index (κ2) is 5.55. The number of hydrogen-bond acceptors (Lipinski definition) is 2. The number of hydrogen-bond donors (Lipinski definition) is 0. The van der Waals surface area contributed by atoms with Crippen molar-refractivity contribution in [1.82, 2.24) is 0 Å². The Morgan fingerprint density at radius 3 is 2.88 bits per heavy atom. The molecule has 0 saturated heterocycles. The molecule has 2 heteroatoms. The second-order valence-electron chi connectivity index (χ2n) is 9.55. The van der Waals surface area contributed by atoms with E-state index in [1.807, 2.05) is 6.08 Å². The summed E-state index contributed by atoms with van der Waals surface area (Å²) >= 11 is 0. The van der Waals surface area contributed by atoms with Crippen molar-refractivity contribution in [3.8, 4) is 0 Å². The van der Waals surface area contributed by atoms with Crippen molar-refractivity contribution in [2.75, 3.05) is 6.61 Å². The first-order valence-electron chi connectivity index (χ1n) is 10.7. The molecule has 3 saturated carbocycles. The zero-order valence-corrected chi connectivity index (χ0v) is 15.8. The van der Waals surface area contributed by atoms with E-state index in [0.29, 0.717) is 17.1 Å². The Hall–Kier alpha value is -0.890. The largest absolute Gasteiger partial charge is 0.366 e. The van der Waals surface area contributed by atoms with E-state index in [4.69, 9.17) is 4.74 Å². The van der Waals surface area contributed by atoms with E-state index < -0.39 is 0 Å². The predicted molar refractivity (Wildman–Crippen MR) is 99.1 cm³/mol. The van der Waals surface area contributed by atoms with E-state index in [9.17, 15) is 4.79 Å². The summed E-state index contributed by atoms with van der Waals surface area (Å²) < 4.78 is 6.43. The molecule has 7 unspecified atom stereocenters. The smallest absolute Gasteiger partial charge is 0.155 e. The van der Waals surface area contributed by atoms with E-state index >= 15 is 0 Å². The van der Waals surface area contributed by atoms with Crippen LogP contribution in [0.25, 0.3) is 0 Å². The lowest BCUT2D eigenvalue weighted by Gasteiger charge is -2.58. The molecule has 5 aliphatic rings. The lowest BCUT2D eigenvalue weighted by atomic mass is 9.47. The Labute approximate surface area is 152 Å². The molecule has 0 aromatic heterocycles. The summed E-state index contributed by atoms with van der Waals surface area (Å²) in [6.45, 7) is 5.69. The van der Waals surface area contributed by atoms with Gasteiger partial charge in [0.15, 0.2) is 5.78 Å². The van der Waals surface area contributed by atoms with E-state index in [1.165, 1.54) is 37.7 Å². The first-order valence-corrected chi connectivity index (χ1v) is 10.7. The van der Waals surface area contributed by atoms with Crippen LogP contribution in [-0.2, 0) is 9.53 Å². The Morgan fingerprint density at radius 2 is 2.12 bits per heavy atom. The number of ether oxygens (including phenoxy) is 1. The molecule has 7 atom stereocenters. The molecule has 3 fully saturated rings. The Bertz CT molecular complexity index is 646. The SMILES string of the molecule is CCC12CCC3C4CCC(=O)C=C4CC(C)C3C1CCC21C=CCO1. The van der Waals surface area contributed by atoms with Crippen LogP contribution in [0, 0.1) is 35.0 Å². The highest BCUT2D eigenvalue weighted by molar-refractivity contribution is 5.91. The van der Waals surface area contributed by atoms with Gasteiger partial charge in [-0.3, -0.25) is 4.79 Å². The quantitative estimate of drug-likeness (QED) is 0.622. The van der Waals surface area contributed by atoms with Crippen molar-refractivity contribution >= 4 is 5.78 Å². The van der Waals surface area contributed by atoms with Crippen molar-refractivity contribution in [3.05, 3.63) is 23.8 Å². The number of rotatable bonds is 1. The molecule has 5 rings (SSSR count). The van der Waals surface area contributed by atoms with Gasteiger partial charge in [-0.15, -0.1) is 0 Å². The van der Waals surface area contributed by atoms with Crippen LogP contribution in [0.2, 0.25) is 0 Å². The summed E-state index contributed by atoms with van der Waals surface area (Å²) in [7, 11) is 0. The molecule has 4 aliphatic carbocycles. The topological polar surface area (TPSA) is 26.3 Å². The molecule has 1 spiro atoms. The van der Waals surface area contributed by atoms with Gasteiger partial charge in [0.1, 0.15) is 0 Å². The molecule has 0 amide bonds. The van der Waals surface area contributed by atoms with Crippen LogP contribution in [0.4, 0.5) is 0 Å². The predicted octanol–water partition coefficient (Wildman–Crippen LogP) is 5.09. The molecule has 0 radical (unpaired) electrons. The molecule has 2 nitrogen and oxygen atoms in total. The Morgan fingerprint density at radius 1 is 1.24 bits per heavy atom. The maximum absolute atomic E-state index is 11.9. The first kappa shape index (κ1) is 16.3. The summed E-state index contributed by atoms with van der Waals surface area (Å²) in [6, 6.07) is 0. The number of allylic oxidation sites excluding steroid dienone is 1. The van der Waals surface area contributed by atoms with Crippen LogP contribution in [-0.4, -0.2) is 18.0 Å². The van der Waals surface area contributed by atoms with E-state index in [2.05, 4.69) is 26.0 Å². The number of ketones is 1. The van der Waals surface area contributed by atoms with Crippen molar-refractivity contribution < 1.29 is 9.53 Å². The summed E-state index contributed by atoms with van der Waals surface area (Å²) in [6.07, 6.45) is 16.3. The minimum absolute atomic E-state index is 0.0375. The molecule has 0 bridgehead atoms. The third kappa shape index (κ3) is 2.04. The molecule has 25 heavy (non-hydrogen) atoms. The lowest BCUT2D eigenvalue weighted by Crippen LogP contribution is -2.55. The second-order valence-corrected chi connectivity index (χ2v) is 9.55. The fraction of sp³-hybridized carbons (Fsp3) is 0.783. The number of carbonyl (C=O) groups excluding carboxylic acids is 1. The molecule has 136 valence electrons. The normalized spacial score (nSPS) is 51.2. The zero-order chi connectivity index (χ0) is 17.2. The summed E-state index contributed by atoms with van der Waals surface area (Å²) in [4.78, 5) is 11.9. The van der Waals surface area contributed by atoms with E-state index in [0.717, 1.165) is 49.5 Å². The highest BCUT2D eigenvalue weighted by atomic mass is 16.5. The van der Waals surface area contributed by atoms with Crippen LogP contribution in [0.15, 0.2) is 23.8 Å². The lowest BCUT2D eigenvalue weighted by molar-refractivity contribution is -0.132. The first-order chi connectivity index (χ1) is 12.1. The maximum Gasteiger partial charge on any atom is 0.155 e. The highest BCUT2D eigenvalue weighted by Crippen LogP contribution is 2.68. The number of fused-ring (bicyclic) bond motifs is 6. The van der Waals surface area contributed by atoms with Gasteiger partial charge in [-0.2, -0.15) is 0 Å². The third-order valence-electron chi connectivity index (χ3n) is 8.97. The fourth-order valence-corrected chi connectivity index (χ4v) is 8.13. The Balaban J connectivity index is 1.53. The van der Waals surface area contributed by atoms with Crippen LogP contribution in [0.3, 0.4) is 0 Å². The van der Waals surface area contributed by atoms with Crippen molar-refractivity contribution in [1.29, 1.82) is 0 Å². The molecular weight excluding hydrogens is 308 g/mol. The molecule has 0 aromatic carbocycles. The fourth-order valence-electron chi connectivity index (χ4n) is 8.13. The van der Waals surface area contributed by atoms with Gasteiger partial charge in [0, 0.05) is 11.8 Å². The van der Waals surface area contributed by atoms with Gasteiger partial charge in [-0.25, -0.2) is 0 Å². The monoisotopic (exact) mass is 340 g/mol. The van der Waals surface area contributed by atoms with Crippen molar-refractivity contribution in [2.24, 2.45) is 35.0 Å². The minimum atomic E-state index is 0.0375. The average molecular weight is 341 g/mol. The average Bonchev–Trinajstić information content (AvgIpc) is 3.21. The summed E-state index contributed by atoms with van der Waals surface area (Å²) in [5.74, 6) is 4.25. The Kier molecular flexibility index (Phi) is 3.62. The van der Waals surface area contributed by atoms with Gasteiger partial charge in [0.25, 0.3) is 0 Å². The van der Waals surface area contributed by atoms with Crippen LogP contribution in [0.1, 0.15) is 65.2 Å². The van der Waals surface area contributed by atoms with E-state index in [1.54, 1.807) is 0 Å². The van der Waals surface area contributed by atoms with Gasteiger partial charge in [0.05, 0.1) is 12.2 Å². The van der Waals surface area contributed by atoms with Gasteiger partial charge in [0.2, 0.25) is 0 Å². The third-order valence-corrected chi connectivity index (χ3v) is 8.97. The zero-order valence-electron chi connectivity index (χ0n) is 15.8. The van der Waals surface area contributed by atoms with Crippen LogP contribution < -0.4 is 0 Å². The van der Waals surface area contributed by atoms with E-state index in [-0.39, 0.29) is 5.60 Å². The molecule has 1 heterocycles. The minimum Gasteiger partial charge on any atom is -0.366 e. The summed E-state index contributed by atoms with van der Waals surface area (Å²) in [5.41, 5.74) is 1.90. The molecule has 0 N–H and O–H groups in total. The molecule has 0 aromatic rings. The van der Waals surface area contributed by atoms with Gasteiger partial charge in [-0.05, 0) is 80.6 Å². The van der Waals surface area contributed by atoms with Gasteiger partial charge >= 0.3 is 0 Å². The summed E-state index contributed by atoms with van der Waals surface area (Å²) in [5, 5.41) is 0. The standard InChI is InChI=1S/C23H32O2/c1-3-22-10-7-19-18-6-5-17(24)14-16(18)13-15(2)21(19)20(22)8-11-23(22)9-4-12-25-23/h4,9,14-15,18-21H,3,5-8,10-13H2,1-2H3. The van der Waals surface area contributed by atoms with Crippen LogP contribution >= 0.6 is 0 Å². The molecule has 1 aliphatic heterocycles. The van der Waals surface area contributed by atoms with Crippen molar-refractivity contribution in [3.63, 3.8) is 0 Å². The highest BCUT2D eigenvalue weighted by Gasteiger charge is 2.65. The number of carbonyl (C=O) groups is 1. The van der Waals surface area contributed by atoms with Gasteiger partial charge < -0.3 is 4.74 Å². The molecular formula is C23H32O2. The van der Waals surface area contributed by atoms with Gasteiger partial charge in [-0.1, -0.05) is 31.6 Å². The maximum atomic E-state index is 11.9. The van der Waals surface area contributed by atoms with Crippen LogP contribution in [0.5, 0.6) is 0 Å². The van der Waals surface area contributed by atoms with Crippen molar-refractivity contribution in [2.45, 2.75) is 70.8 Å².